The van der Waals surface area contributed by atoms with Crippen LogP contribution < -0.4 is 21.3 Å². The van der Waals surface area contributed by atoms with Crippen molar-refractivity contribution in [3.8, 4) is 0 Å². The van der Waals surface area contributed by atoms with Crippen molar-refractivity contribution in [2.75, 3.05) is 21.3 Å². The van der Waals surface area contributed by atoms with Crippen molar-refractivity contribution in [1.29, 1.82) is 0 Å². The maximum absolute atomic E-state index is 13.7. The first kappa shape index (κ1) is 36.8. The van der Waals surface area contributed by atoms with E-state index in [0.717, 1.165) is 36.0 Å². The zero-order valence-electron chi connectivity index (χ0n) is 28.2. The maximum atomic E-state index is 13.7. The largest absolute Gasteiger partial charge is 0.350 e. The Morgan fingerprint density at radius 3 is 0.946 bits per heavy atom. The lowest BCUT2D eigenvalue weighted by Crippen LogP contribution is -2.06. The highest BCUT2D eigenvalue weighted by Gasteiger charge is 2.27. The second-order valence-corrected chi connectivity index (χ2v) is 15.1. The third-order valence-electron chi connectivity index (χ3n) is 8.41. The average molecular weight is 793 g/mol. The average Bonchev–Trinajstić information content (AvgIpc) is 3.17. The molecule has 20 heteroatoms. The molecule has 16 heterocycles. The van der Waals surface area contributed by atoms with Crippen molar-refractivity contribution in [2.45, 2.75) is 19.6 Å². The van der Waals surface area contributed by atoms with Gasteiger partial charge in [-0.25, -0.2) is 8.42 Å². The van der Waals surface area contributed by atoms with Crippen LogP contribution in [0.3, 0.4) is 0 Å². The van der Waals surface area contributed by atoms with E-state index in [-0.39, 0.29) is 34.1 Å². The number of anilines is 8. The zero-order valence-corrected chi connectivity index (χ0v) is 29.9. The van der Waals surface area contributed by atoms with Crippen molar-refractivity contribution >= 4 is 89.8 Å². The fourth-order valence-electron chi connectivity index (χ4n) is 5.70. The summed E-state index contributed by atoms with van der Waals surface area (Å²) in [6, 6.07) is 27.7. The molecule has 4 N–H and O–H groups in total. The number of hydrogen-bond donors (Lipinski definition) is 4. The third-order valence-corrected chi connectivity index (χ3v) is 11.1. The summed E-state index contributed by atoms with van der Waals surface area (Å²) in [5.74, 6) is 0. The molecule has 0 aromatic heterocycles. The second-order valence-electron chi connectivity index (χ2n) is 12.0. The number of hydrogen-bond acceptors (Lipinski definition) is 15. The Morgan fingerprint density at radius 2 is 0.661 bits per heavy atom. The van der Waals surface area contributed by atoms with Gasteiger partial charge in [-0.2, -0.15) is 0 Å². The monoisotopic (exact) mass is 792 g/mol. The van der Waals surface area contributed by atoms with Crippen molar-refractivity contribution in [1.82, 2.24) is 0 Å². The second kappa shape index (κ2) is 14.7. The molecule has 16 aliphatic rings. The molecule has 6 aromatic carbocycles. The molecule has 56 heavy (non-hydrogen) atoms. The predicted molar refractivity (Wildman–Crippen MR) is 208 cm³/mol. The van der Waals surface area contributed by atoms with Crippen molar-refractivity contribution in [2.24, 2.45) is 0 Å². The molecule has 12 bridgehead atoms. The van der Waals surface area contributed by atoms with E-state index in [2.05, 4.69) is 21.3 Å². The van der Waals surface area contributed by atoms with E-state index in [1.807, 2.05) is 0 Å². The summed E-state index contributed by atoms with van der Waals surface area (Å²) in [4.78, 5) is 45.6. The third kappa shape index (κ3) is 7.58. The molecule has 0 radical (unpaired) electrons. The molecule has 0 spiro atoms. The van der Waals surface area contributed by atoms with Gasteiger partial charge in [0.2, 0.25) is 9.84 Å². The Labute approximate surface area is 319 Å². The van der Waals surface area contributed by atoms with Gasteiger partial charge in [-0.1, -0.05) is 11.8 Å². The first-order valence-electron chi connectivity index (χ1n) is 16.1. The number of sulfone groups is 1. The molecule has 6 aromatic rings. The first-order valence-corrected chi connectivity index (χ1v) is 18.4. The molecule has 0 atom stereocenters. The normalized spacial score (nSPS) is 12.9. The number of nitro groups is 4. The molecular weight excluding hydrogens is 769 g/mol. The summed E-state index contributed by atoms with van der Waals surface area (Å²) >= 11 is 1.09. The molecule has 0 saturated carbocycles. The van der Waals surface area contributed by atoms with Gasteiger partial charge >= 0.3 is 0 Å². The van der Waals surface area contributed by atoms with E-state index in [0.29, 0.717) is 32.5 Å². The van der Waals surface area contributed by atoms with Crippen LogP contribution in [0.2, 0.25) is 0 Å². The molecule has 16 aliphatic heterocycles. The van der Waals surface area contributed by atoms with Gasteiger partial charge in [-0.15, -0.1) is 0 Å². The highest BCUT2D eigenvalue weighted by Crippen LogP contribution is 2.40. The van der Waals surface area contributed by atoms with Gasteiger partial charge in [-0.05, 0) is 97.1 Å². The van der Waals surface area contributed by atoms with Crippen LogP contribution in [0, 0.1) is 40.5 Å². The zero-order chi connectivity index (χ0) is 39.7. The van der Waals surface area contributed by atoms with Crippen molar-refractivity contribution in [3.63, 3.8) is 0 Å². The molecule has 18 nitrogen and oxygen atoms in total. The first-order chi connectivity index (χ1) is 26.7. The highest BCUT2D eigenvalue weighted by atomic mass is 32.2. The molecule has 280 valence electrons. The Morgan fingerprint density at radius 1 is 0.393 bits per heavy atom. The highest BCUT2D eigenvalue weighted by molar-refractivity contribution is 7.99. The Hall–Kier alpha value is -7.58. The summed E-state index contributed by atoms with van der Waals surface area (Å²) < 4.78 is 27.3. The van der Waals surface area contributed by atoms with E-state index in [1.54, 1.807) is 60.7 Å². The van der Waals surface area contributed by atoms with Crippen LogP contribution in [0.5, 0.6) is 0 Å². The molecule has 0 amide bonds. The molecule has 22 rings (SSSR count). The van der Waals surface area contributed by atoms with Crippen LogP contribution in [-0.2, 0) is 9.84 Å². The van der Waals surface area contributed by atoms with E-state index >= 15 is 0 Å². The van der Waals surface area contributed by atoms with Gasteiger partial charge in [0.15, 0.2) is 0 Å². The number of benzene rings is 6. The van der Waals surface area contributed by atoms with Crippen LogP contribution in [0.4, 0.5) is 68.2 Å². The quantitative estimate of drug-likeness (QED) is 0.0955. The van der Waals surface area contributed by atoms with Crippen molar-refractivity contribution < 1.29 is 28.1 Å². The molecule has 0 saturated heterocycles. The minimum atomic E-state index is -4.50. The van der Waals surface area contributed by atoms with Crippen molar-refractivity contribution in [3.05, 3.63) is 162 Å². The van der Waals surface area contributed by atoms with Crippen LogP contribution in [0.25, 0.3) is 0 Å². The summed E-state index contributed by atoms with van der Waals surface area (Å²) in [7, 11) is -4.50. The summed E-state index contributed by atoms with van der Waals surface area (Å²) in [6.45, 7) is 0. The van der Waals surface area contributed by atoms with E-state index in [4.69, 9.17) is 0 Å². The molecule has 0 unspecified atom stereocenters. The van der Waals surface area contributed by atoms with Gasteiger partial charge < -0.3 is 21.3 Å². The SMILES string of the molecule is O=[N+]([O-])c1cc2ccc1Nc1ccc(cc1)Nc1ccc(cc1[N+](=O)[O-])S(=O)(=O)c1ccc(c([N+](=O)[O-])c1)Nc1ccc(cc1)Nc1ccc(cc1[N+](=O)[O-])S2. The number of nitrogens with one attached hydrogen (secondary N) is 4. The molecular formula is C36H24N8O10S2. The molecule has 0 aliphatic carbocycles. The van der Waals surface area contributed by atoms with Gasteiger partial charge in [-0.3, -0.25) is 40.5 Å². The van der Waals surface area contributed by atoms with Crippen LogP contribution in [-0.4, -0.2) is 28.1 Å². The lowest BCUT2D eigenvalue weighted by atomic mass is 10.2. The van der Waals surface area contributed by atoms with Gasteiger partial charge in [0.1, 0.15) is 22.7 Å². The van der Waals surface area contributed by atoms with E-state index in [1.165, 1.54) is 36.4 Å². The van der Waals surface area contributed by atoms with E-state index < -0.39 is 50.7 Å². The summed E-state index contributed by atoms with van der Waals surface area (Å²) in [6.07, 6.45) is 0. The van der Waals surface area contributed by atoms with Crippen LogP contribution in [0.1, 0.15) is 0 Å². The lowest BCUT2D eigenvalue weighted by Gasteiger charge is -2.13. The lowest BCUT2D eigenvalue weighted by molar-refractivity contribution is -0.384. The Balaban J connectivity index is 1.31. The number of nitro benzene ring substituents is 4. The van der Waals surface area contributed by atoms with Gasteiger partial charge in [0.25, 0.3) is 22.7 Å². The maximum Gasteiger partial charge on any atom is 0.293 e. The summed E-state index contributed by atoms with van der Waals surface area (Å²) in [5, 5.41) is 60.1. The van der Waals surface area contributed by atoms with E-state index in [9.17, 15) is 48.9 Å². The van der Waals surface area contributed by atoms with Gasteiger partial charge in [0, 0.05) is 56.8 Å². The number of nitrogens with zero attached hydrogens (tertiary/aromatic N) is 4. The molecule has 0 fully saturated rings. The Kier molecular flexibility index (Phi) is 9.64. The minimum absolute atomic E-state index is 0.0511. The topological polar surface area (TPSA) is 255 Å². The Bertz CT molecular complexity index is 2530. The fourth-order valence-corrected chi connectivity index (χ4v) is 7.89. The fraction of sp³-hybridized carbons (Fsp3) is 0. The summed E-state index contributed by atoms with van der Waals surface area (Å²) in [5.41, 5.74) is 0.0778. The smallest absolute Gasteiger partial charge is 0.293 e. The standard InChI is InChI=1S/C36H24N8O10S2/c45-41(46)33-17-25-9-13-29(33)37-21-1-5-23(6-2-21)39-31-15-11-27(19-35(31)43(49)50)56(53,54)28-12-16-32(36(20-28)44(51)52)40-24-7-3-22(4-8-24)38-30-14-10-26(55-25)18-34(30)42(47)48/h1-20,37-40H. The van der Waals surface area contributed by atoms with Gasteiger partial charge in [0.05, 0.1) is 29.5 Å². The van der Waals surface area contributed by atoms with Crippen LogP contribution >= 0.6 is 11.8 Å². The minimum Gasteiger partial charge on any atom is -0.350 e. The predicted octanol–water partition coefficient (Wildman–Crippen LogP) is 9.59. The van der Waals surface area contributed by atoms with Crippen LogP contribution in [0.15, 0.2) is 141 Å². The number of rotatable bonds is 4.